The van der Waals surface area contributed by atoms with Crippen LogP contribution in [0.25, 0.3) is 0 Å². The highest BCUT2D eigenvalue weighted by molar-refractivity contribution is 6.34. The zero-order valence-electron chi connectivity index (χ0n) is 42.0. The molecule has 0 amide bonds. The second kappa shape index (κ2) is 27.0. The highest BCUT2D eigenvalue weighted by Gasteiger charge is 2.67. The topological polar surface area (TPSA) is 284 Å². The van der Waals surface area contributed by atoms with Crippen molar-refractivity contribution in [1.29, 1.82) is 0 Å². The standard InChI is InChI=1S/C5H6Cl2O3.C5H4F4O3.C5H5F3O3.C5H6F2O3.2C5H7FO3.C5H8O3.C4H2F4O3/c1-4(6)5(2,7)10-3(8)9-4;1-4(6,7)2-5(8,9)12-3(10)11-2;1-2-4(6)5(7,8)11-3(9)10-4;1-2-5(7)3(6)9-4(8)10-5;1-3-5(2,6)9-4(7)8-3;1-2-3-4(6)9-5(7)8-3;1-3-4(2)8-5(6)7-3;5-2-1(4(6,7)8)10-3(9)11-2/h1-2H3;2H,1H3;2H2,1H3;3H,2H2,1H3;3H,1-2H3;3-4H,2H2,1H3;3-4H,1-2H3;1-2H. The third-order valence-electron chi connectivity index (χ3n) is 9.82. The quantitative estimate of drug-likeness (QED) is 0.109. The van der Waals surface area contributed by atoms with Gasteiger partial charge in [-0.05, 0) is 41.0 Å². The monoisotopic (exact) mass is 1250 g/mol. The predicted octanol–water partition coefficient (Wildman–Crippen LogP) is 11.9. The fourth-order valence-electron chi connectivity index (χ4n) is 4.79. The first kappa shape index (κ1) is 71.7. The molecule has 8 fully saturated rings. The Kier molecular flexibility index (Phi) is 24.2. The van der Waals surface area contributed by atoms with Crippen LogP contribution in [-0.4, -0.2) is 157 Å². The highest BCUT2D eigenvalue weighted by atomic mass is 35.5. The van der Waals surface area contributed by atoms with E-state index in [1.54, 1.807) is 20.8 Å². The highest BCUT2D eigenvalue weighted by Crippen LogP contribution is 2.44. The molecule has 8 heterocycles. The third kappa shape index (κ3) is 20.3. The van der Waals surface area contributed by atoms with E-state index in [1.165, 1.54) is 27.7 Å². The molecule has 8 aliphatic rings. The van der Waals surface area contributed by atoms with Gasteiger partial charge >= 0.3 is 85.7 Å². The minimum absolute atomic E-state index is 0.0810. The molecule has 0 N–H and O–H groups in total. The van der Waals surface area contributed by atoms with E-state index in [0.29, 0.717) is 6.42 Å². The van der Waals surface area contributed by atoms with Crippen LogP contribution in [0.5, 0.6) is 0 Å². The fraction of sp³-hybridized carbons (Fsp3) is 0.795. The number of rotatable bonds is 4. The number of hydrogen-bond donors (Lipinski definition) is 0. The van der Waals surface area contributed by atoms with Crippen LogP contribution in [0, 0.1) is 0 Å². The van der Waals surface area contributed by atoms with Crippen LogP contribution in [-0.2, 0) is 75.8 Å². The largest absolute Gasteiger partial charge is 0.516 e. The van der Waals surface area contributed by atoms with Crippen molar-refractivity contribution in [3.8, 4) is 0 Å². The average Bonchev–Trinajstić information content (AvgIpc) is 4.13. The van der Waals surface area contributed by atoms with Crippen molar-refractivity contribution in [1.82, 2.24) is 0 Å². The molecule has 0 aromatic carbocycles. The Morgan fingerprint density at radius 3 is 1.09 bits per heavy atom. The van der Waals surface area contributed by atoms with Crippen LogP contribution in [0.15, 0.2) is 0 Å². The van der Waals surface area contributed by atoms with Gasteiger partial charge in [-0.15, -0.1) is 0 Å². The lowest BCUT2D eigenvalue weighted by atomic mass is 10.2. The maximum Gasteiger partial charge on any atom is 0.516 e. The summed E-state index contributed by atoms with van der Waals surface area (Å²) in [4.78, 5) is 81.2. The van der Waals surface area contributed by atoms with Gasteiger partial charge < -0.3 is 75.8 Å². The molecule has 8 aliphatic heterocycles. The molecule has 0 aromatic rings. The third-order valence-corrected chi connectivity index (χ3v) is 10.8. The number of ether oxygens (including phenoxy) is 16. The zero-order chi connectivity index (χ0) is 62.7. The van der Waals surface area contributed by atoms with Crippen molar-refractivity contribution >= 4 is 72.4 Å². The van der Waals surface area contributed by atoms with E-state index in [-0.39, 0.29) is 25.6 Å². The molecule has 0 aliphatic carbocycles. The van der Waals surface area contributed by atoms with Gasteiger partial charge in [0.25, 0.3) is 36.7 Å². The molecule has 8 rings (SSSR count). The van der Waals surface area contributed by atoms with Crippen molar-refractivity contribution in [2.75, 3.05) is 0 Å². The summed E-state index contributed by atoms with van der Waals surface area (Å²) in [6, 6.07) is 0. The van der Waals surface area contributed by atoms with Crippen molar-refractivity contribution in [3.63, 3.8) is 0 Å². The van der Waals surface area contributed by atoms with Crippen molar-refractivity contribution in [2.45, 2.75) is 196 Å². The van der Waals surface area contributed by atoms with E-state index in [2.05, 4.69) is 75.8 Å². The summed E-state index contributed by atoms with van der Waals surface area (Å²) in [6.45, 7) is 13.5. The minimum atomic E-state index is -4.91. The molecule has 0 aromatic heterocycles. The molecule has 41 heteroatoms. The van der Waals surface area contributed by atoms with Gasteiger partial charge in [0.1, 0.15) is 12.2 Å². The van der Waals surface area contributed by atoms with Crippen LogP contribution in [0.3, 0.4) is 0 Å². The predicted molar refractivity (Wildman–Crippen MR) is 218 cm³/mol. The van der Waals surface area contributed by atoms with Crippen LogP contribution >= 0.6 is 23.2 Å². The first-order valence-corrected chi connectivity index (χ1v) is 22.4. The molecule has 24 nitrogen and oxygen atoms in total. The van der Waals surface area contributed by atoms with Gasteiger partial charge in [0.15, 0.2) is 12.2 Å². The Bertz CT molecular complexity index is 2160. The van der Waals surface area contributed by atoms with Crippen LogP contribution in [0.4, 0.5) is 104 Å². The lowest BCUT2D eigenvalue weighted by molar-refractivity contribution is -0.288. The van der Waals surface area contributed by atoms with Crippen LogP contribution in [0.2, 0.25) is 0 Å². The minimum Gasteiger partial charge on any atom is -0.427 e. The molecule has 14 atom stereocenters. The Labute approximate surface area is 448 Å². The average molecular weight is 1250 g/mol. The van der Waals surface area contributed by atoms with E-state index in [1.807, 2.05) is 0 Å². The van der Waals surface area contributed by atoms with Crippen molar-refractivity contribution < 1.29 is 180 Å². The summed E-state index contributed by atoms with van der Waals surface area (Å²) in [5, 5.41) is -2.54. The van der Waals surface area contributed by atoms with Crippen LogP contribution < -0.4 is 0 Å². The van der Waals surface area contributed by atoms with Crippen LogP contribution in [0.1, 0.15) is 88.5 Å². The van der Waals surface area contributed by atoms with Gasteiger partial charge in [0.2, 0.25) is 10.1 Å². The molecule has 0 radical (unpaired) electrons. The number of alkyl halides is 17. The van der Waals surface area contributed by atoms with Gasteiger partial charge in [-0.1, -0.05) is 44.0 Å². The van der Waals surface area contributed by atoms with E-state index in [0.717, 1.165) is 13.8 Å². The SMILES string of the molecule is CC(F)(F)C1OC(=O)OC1(F)F.CC1(Cl)OC(=O)OC1(C)Cl.CC1OC(=O)OC1(C)F.CC1OC(=O)OC1C.CCC1(F)OC(=O)OC1(F)F.CCC1(F)OC(=O)OC1F.CCC1OC(=O)OC1F.O=C1OC(F)C(C(F)(F)F)O1. The molecule has 0 saturated carbocycles. The molecule has 464 valence electrons. The number of cyclic esters (lactones) is 16. The molecular formula is C39H45Cl2F15O24. The number of halogens is 17. The molecule has 80 heavy (non-hydrogen) atoms. The maximum absolute atomic E-state index is 12.8. The van der Waals surface area contributed by atoms with Gasteiger partial charge in [-0.2, -0.15) is 57.1 Å². The molecule has 0 spiro atoms. The summed E-state index contributed by atoms with van der Waals surface area (Å²) in [5.41, 5.74) is 0. The maximum atomic E-state index is 12.8. The smallest absolute Gasteiger partial charge is 0.427 e. The summed E-state index contributed by atoms with van der Waals surface area (Å²) >= 11 is 11.3. The Hall–Kier alpha value is -6.31. The van der Waals surface area contributed by atoms with Gasteiger partial charge in [0.05, 0.1) is 0 Å². The van der Waals surface area contributed by atoms with E-state index >= 15 is 0 Å². The fourth-order valence-corrected chi connectivity index (χ4v) is 4.99. The summed E-state index contributed by atoms with van der Waals surface area (Å²) in [6.07, 6.45) is -37.3. The Balaban J connectivity index is 0.000000458. The molecule has 14 unspecified atom stereocenters. The summed E-state index contributed by atoms with van der Waals surface area (Å²) < 4.78 is 247. The summed E-state index contributed by atoms with van der Waals surface area (Å²) in [7, 11) is 0. The summed E-state index contributed by atoms with van der Waals surface area (Å²) in [5.74, 6) is -11.6. The van der Waals surface area contributed by atoms with Crippen molar-refractivity contribution in [3.05, 3.63) is 0 Å². The Morgan fingerprint density at radius 2 is 0.925 bits per heavy atom. The second-order valence-corrected chi connectivity index (χ2v) is 17.7. The van der Waals surface area contributed by atoms with Crippen molar-refractivity contribution in [2.24, 2.45) is 0 Å². The molecule has 8 saturated heterocycles. The number of carbonyl (C=O) groups excluding carboxylic acids is 8. The van der Waals surface area contributed by atoms with E-state index in [9.17, 15) is 104 Å². The first-order chi connectivity index (χ1) is 35.9. The van der Waals surface area contributed by atoms with E-state index < -0.39 is 151 Å². The van der Waals surface area contributed by atoms with Gasteiger partial charge in [0, 0.05) is 26.7 Å². The van der Waals surface area contributed by atoms with Gasteiger partial charge in [-0.25, -0.2) is 47.1 Å². The molecular weight excluding hydrogens is 1210 g/mol. The molecule has 0 bridgehead atoms. The Morgan fingerprint density at radius 1 is 0.487 bits per heavy atom. The number of hydrogen-bond acceptors (Lipinski definition) is 24. The second-order valence-electron chi connectivity index (χ2n) is 16.2. The van der Waals surface area contributed by atoms with Gasteiger partial charge in [-0.3, -0.25) is 0 Å². The lowest BCUT2D eigenvalue weighted by Gasteiger charge is -2.22. The lowest BCUT2D eigenvalue weighted by Crippen LogP contribution is -2.43. The number of carbonyl (C=O) groups is 8. The van der Waals surface area contributed by atoms with E-state index in [4.69, 9.17) is 23.2 Å². The normalized spacial score (nSPS) is 36.2. The first-order valence-electron chi connectivity index (χ1n) is 21.7. The zero-order valence-corrected chi connectivity index (χ0v) is 43.6.